The van der Waals surface area contributed by atoms with Crippen molar-refractivity contribution in [1.29, 1.82) is 0 Å². The molecule has 2 N–H and O–H groups in total. The number of aryl methyl sites for hydroxylation is 2. The third-order valence-corrected chi connectivity index (χ3v) is 2.05. The Hall–Kier alpha value is -2.24. The largest absolute Gasteiger partial charge is 0.484 e. The van der Waals surface area contributed by atoms with Crippen molar-refractivity contribution in [2.45, 2.75) is 13.8 Å². The maximum Gasteiger partial charge on any atom is 0.425 e. The predicted octanol–water partition coefficient (Wildman–Crippen LogP) is 1.07. The molecular formula is C12H16N2O4. The van der Waals surface area contributed by atoms with E-state index in [0.29, 0.717) is 5.75 Å². The second-order valence-corrected chi connectivity index (χ2v) is 3.78. The van der Waals surface area contributed by atoms with Gasteiger partial charge in [0.25, 0.3) is 5.91 Å². The Kier molecular flexibility index (Phi) is 4.98. The highest BCUT2D eigenvalue weighted by atomic mass is 16.5. The second-order valence-electron chi connectivity index (χ2n) is 3.78. The van der Waals surface area contributed by atoms with Gasteiger partial charge in [-0.25, -0.2) is 10.2 Å². The van der Waals surface area contributed by atoms with Crippen LogP contribution in [0.4, 0.5) is 4.79 Å². The van der Waals surface area contributed by atoms with Gasteiger partial charge in [0.05, 0.1) is 7.11 Å². The molecule has 1 rings (SSSR count). The molecule has 1 aromatic rings. The minimum atomic E-state index is -0.741. The Balaban J connectivity index is 2.40. The molecule has 0 aliphatic carbocycles. The lowest BCUT2D eigenvalue weighted by atomic mass is 10.1. The van der Waals surface area contributed by atoms with Crippen molar-refractivity contribution in [1.82, 2.24) is 10.9 Å². The molecule has 0 aromatic heterocycles. The molecule has 18 heavy (non-hydrogen) atoms. The Labute approximate surface area is 105 Å². The normalized spacial score (nSPS) is 9.50. The first kappa shape index (κ1) is 13.8. The molecule has 6 nitrogen and oxygen atoms in total. The number of carbonyl (C=O) groups is 2. The Morgan fingerprint density at radius 1 is 1.11 bits per heavy atom. The van der Waals surface area contributed by atoms with Crippen molar-refractivity contribution < 1.29 is 19.1 Å². The summed E-state index contributed by atoms with van der Waals surface area (Å²) in [5, 5.41) is 0. The lowest BCUT2D eigenvalue weighted by Gasteiger charge is -2.09. The van der Waals surface area contributed by atoms with Crippen LogP contribution in [0, 0.1) is 13.8 Å². The number of methoxy groups -OCH3 is 1. The lowest BCUT2D eigenvalue weighted by Crippen LogP contribution is -2.43. The van der Waals surface area contributed by atoms with Crippen molar-refractivity contribution in [3.05, 3.63) is 29.3 Å². The van der Waals surface area contributed by atoms with E-state index in [-0.39, 0.29) is 6.61 Å². The molecule has 2 amide bonds. The molecule has 0 saturated carbocycles. The fraction of sp³-hybridized carbons (Fsp3) is 0.333. The van der Waals surface area contributed by atoms with Crippen LogP contribution in [0.2, 0.25) is 0 Å². The van der Waals surface area contributed by atoms with Gasteiger partial charge in [-0.2, -0.15) is 0 Å². The monoisotopic (exact) mass is 252 g/mol. The maximum absolute atomic E-state index is 11.3. The van der Waals surface area contributed by atoms with Gasteiger partial charge in [-0.15, -0.1) is 0 Å². The van der Waals surface area contributed by atoms with Crippen LogP contribution in [0.5, 0.6) is 5.75 Å². The third-order valence-electron chi connectivity index (χ3n) is 2.05. The average molecular weight is 252 g/mol. The third kappa shape index (κ3) is 4.73. The minimum absolute atomic E-state index is 0.188. The molecule has 1 aromatic carbocycles. The molecule has 0 aliphatic rings. The number of hydrogen-bond acceptors (Lipinski definition) is 4. The second kappa shape index (κ2) is 6.48. The van der Waals surface area contributed by atoms with Crippen molar-refractivity contribution in [2.75, 3.05) is 13.7 Å². The zero-order valence-electron chi connectivity index (χ0n) is 10.6. The number of carbonyl (C=O) groups excluding carboxylic acids is 2. The number of benzene rings is 1. The molecule has 0 atom stereocenters. The van der Waals surface area contributed by atoms with E-state index in [1.807, 2.05) is 32.0 Å². The van der Waals surface area contributed by atoms with Crippen LogP contribution in [0.1, 0.15) is 11.1 Å². The molecule has 0 heterocycles. The first-order valence-corrected chi connectivity index (χ1v) is 5.35. The van der Waals surface area contributed by atoms with Crippen LogP contribution >= 0.6 is 0 Å². The SMILES string of the molecule is COC(=O)NNC(=O)COc1cc(C)cc(C)c1. The summed E-state index contributed by atoms with van der Waals surface area (Å²) in [6.07, 6.45) is -0.741. The summed E-state index contributed by atoms with van der Waals surface area (Å²) in [6.45, 7) is 3.70. The zero-order chi connectivity index (χ0) is 13.5. The summed E-state index contributed by atoms with van der Waals surface area (Å²) in [4.78, 5) is 22.0. The van der Waals surface area contributed by atoms with E-state index in [1.165, 1.54) is 7.11 Å². The van der Waals surface area contributed by atoms with Crippen LogP contribution in [0.25, 0.3) is 0 Å². The number of nitrogens with one attached hydrogen (secondary N) is 2. The minimum Gasteiger partial charge on any atom is -0.484 e. The molecule has 0 unspecified atom stereocenters. The number of ether oxygens (including phenoxy) is 2. The maximum atomic E-state index is 11.3. The topological polar surface area (TPSA) is 76.7 Å². The molecule has 98 valence electrons. The van der Waals surface area contributed by atoms with Gasteiger partial charge in [-0.05, 0) is 37.1 Å². The van der Waals surface area contributed by atoms with E-state index in [4.69, 9.17) is 4.74 Å². The number of hydrogen-bond donors (Lipinski definition) is 2. The molecule has 0 radical (unpaired) electrons. The van der Waals surface area contributed by atoms with Crippen LogP contribution in [0.3, 0.4) is 0 Å². The zero-order valence-corrected chi connectivity index (χ0v) is 10.6. The summed E-state index contributed by atoms with van der Waals surface area (Å²) in [5.74, 6) is 0.139. The first-order valence-electron chi connectivity index (χ1n) is 5.35. The van der Waals surface area contributed by atoms with Gasteiger partial charge in [0.1, 0.15) is 5.75 Å². The van der Waals surface area contributed by atoms with Gasteiger partial charge in [-0.1, -0.05) is 6.07 Å². The molecule has 6 heteroatoms. The van der Waals surface area contributed by atoms with Gasteiger partial charge in [0, 0.05) is 0 Å². The van der Waals surface area contributed by atoms with Crippen LogP contribution in [-0.4, -0.2) is 25.7 Å². The van der Waals surface area contributed by atoms with E-state index in [0.717, 1.165) is 11.1 Å². The Bertz CT molecular complexity index is 425. The van der Waals surface area contributed by atoms with E-state index in [1.54, 1.807) is 0 Å². The number of amides is 2. The fourth-order valence-electron chi connectivity index (χ4n) is 1.37. The average Bonchev–Trinajstić information content (AvgIpc) is 2.32. The molecule has 0 spiro atoms. The standard InChI is InChI=1S/C12H16N2O4/c1-8-4-9(2)6-10(5-8)18-7-11(15)13-14-12(16)17-3/h4-6H,7H2,1-3H3,(H,13,15)(H,14,16). The summed E-state index contributed by atoms with van der Waals surface area (Å²) in [5.41, 5.74) is 6.30. The summed E-state index contributed by atoms with van der Waals surface area (Å²) in [7, 11) is 1.20. The van der Waals surface area contributed by atoms with E-state index in [9.17, 15) is 9.59 Å². The van der Waals surface area contributed by atoms with E-state index < -0.39 is 12.0 Å². The summed E-state index contributed by atoms with van der Waals surface area (Å²) >= 11 is 0. The van der Waals surface area contributed by atoms with Crippen molar-refractivity contribution in [3.8, 4) is 5.75 Å². The fourth-order valence-corrected chi connectivity index (χ4v) is 1.37. The van der Waals surface area contributed by atoms with Gasteiger partial charge >= 0.3 is 6.09 Å². The Morgan fingerprint density at radius 2 is 1.72 bits per heavy atom. The molecule has 0 saturated heterocycles. The van der Waals surface area contributed by atoms with Crippen LogP contribution in [0.15, 0.2) is 18.2 Å². The molecular weight excluding hydrogens is 236 g/mol. The van der Waals surface area contributed by atoms with E-state index >= 15 is 0 Å². The van der Waals surface area contributed by atoms with Gasteiger partial charge in [-0.3, -0.25) is 10.2 Å². The number of rotatable bonds is 3. The predicted molar refractivity (Wildman–Crippen MR) is 65.1 cm³/mol. The summed E-state index contributed by atoms with van der Waals surface area (Å²) in [6, 6.07) is 5.66. The highest BCUT2D eigenvalue weighted by Crippen LogP contribution is 2.15. The van der Waals surface area contributed by atoms with Crippen molar-refractivity contribution in [2.24, 2.45) is 0 Å². The smallest absolute Gasteiger partial charge is 0.425 e. The Morgan fingerprint density at radius 3 is 2.28 bits per heavy atom. The van der Waals surface area contributed by atoms with Crippen molar-refractivity contribution in [3.63, 3.8) is 0 Å². The molecule has 0 fully saturated rings. The molecule has 0 aliphatic heterocycles. The first-order chi connectivity index (χ1) is 8.51. The quantitative estimate of drug-likeness (QED) is 0.789. The van der Waals surface area contributed by atoms with Gasteiger partial charge in [0.2, 0.25) is 0 Å². The summed E-state index contributed by atoms with van der Waals surface area (Å²) < 4.78 is 9.58. The van der Waals surface area contributed by atoms with Crippen LogP contribution < -0.4 is 15.6 Å². The lowest BCUT2D eigenvalue weighted by molar-refractivity contribution is -0.123. The molecule has 0 bridgehead atoms. The van der Waals surface area contributed by atoms with E-state index in [2.05, 4.69) is 15.6 Å². The van der Waals surface area contributed by atoms with Gasteiger partial charge < -0.3 is 9.47 Å². The highest BCUT2D eigenvalue weighted by molar-refractivity contribution is 5.80. The van der Waals surface area contributed by atoms with Crippen molar-refractivity contribution >= 4 is 12.0 Å². The van der Waals surface area contributed by atoms with Gasteiger partial charge in [0.15, 0.2) is 6.61 Å². The number of hydrazine groups is 1. The highest BCUT2D eigenvalue weighted by Gasteiger charge is 2.05. The van der Waals surface area contributed by atoms with Crippen LogP contribution in [-0.2, 0) is 9.53 Å².